The molecule has 0 spiro atoms. The van der Waals surface area contributed by atoms with Crippen molar-refractivity contribution >= 4 is 71.1 Å². The second-order valence-corrected chi connectivity index (χ2v) is 20.0. The summed E-state index contributed by atoms with van der Waals surface area (Å²) in [6.45, 7) is 9.30. The van der Waals surface area contributed by atoms with E-state index in [1.54, 1.807) is 74.5 Å². The first-order chi connectivity index (χ1) is 37.4. The number of carboxylic acid groups (broad SMARTS) is 3. The highest BCUT2D eigenvalue weighted by atomic mass is 16.4. The van der Waals surface area contributed by atoms with Gasteiger partial charge >= 0.3 is 17.9 Å². The molecule has 80 heavy (non-hydrogen) atoms. The Balaban J connectivity index is 2.42. The van der Waals surface area contributed by atoms with Crippen molar-refractivity contribution in [1.82, 2.24) is 47.9 Å². The third kappa shape index (κ3) is 23.9. The number of carbonyl (C=O) groups is 12. The summed E-state index contributed by atoms with van der Waals surface area (Å²) in [7, 11) is 0. The Morgan fingerprint density at radius 1 is 0.412 bits per heavy atom. The Morgan fingerprint density at radius 2 is 0.762 bits per heavy atom. The molecule has 17 N–H and O–H groups in total. The first-order valence-electron chi connectivity index (χ1n) is 25.6. The highest BCUT2D eigenvalue weighted by Crippen LogP contribution is 2.12. The normalized spacial score (nSPS) is 15.7. The van der Waals surface area contributed by atoms with Gasteiger partial charge in [0.05, 0.1) is 37.7 Å². The van der Waals surface area contributed by atoms with E-state index in [0.29, 0.717) is 11.1 Å². The van der Waals surface area contributed by atoms with Crippen LogP contribution in [0.1, 0.15) is 85.3 Å². The van der Waals surface area contributed by atoms with E-state index >= 15 is 0 Å². The molecule has 0 aromatic heterocycles. The number of amides is 9. The molecule has 28 heteroatoms. The van der Waals surface area contributed by atoms with Crippen LogP contribution in [0.25, 0.3) is 0 Å². The molecule has 0 aliphatic heterocycles. The highest BCUT2D eigenvalue weighted by Gasteiger charge is 2.38. The second kappa shape index (κ2) is 33.4. The zero-order valence-corrected chi connectivity index (χ0v) is 45.5. The van der Waals surface area contributed by atoms with Crippen LogP contribution >= 0.6 is 0 Å². The van der Waals surface area contributed by atoms with Crippen molar-refractivity contribution in [2.45, 2.75) is 160 Å². The molecule has 442 valence electrons. The van der Waals surface area contributed by atoms with Gasteiger partial charge in [-0.2, -0.15) is 0 Å². The monoisotopic (exact) mass is 1130 g/mol. The van der Waals surface area contributed by atoms with Crippen molar-refractivity contribution in [3.05, 3.63) is 71.8 Å². The van der Waals surface area contributed by atoms with Crippen LogP contribution < -0.4 is 53.6 Å². The van der Waals surface area contributed by atoms with Gasteiger partial charge in [0, 0.05) is 12.8 Å². The summed E-state index contributed by atoms with van der Waals surface area (Å²) in [5.74, 6) is -14.7. The predicted octanol–water partition coefficient (Wildman–Crippen LogP) is -3.94. The minimum absolute atomic E-state index is 0.0283. The van der Waals surface area contributed by atoms with E-state index in [2.05, 4.69) is 42.5 Å². The number of aliphatic carboxylic acids is 3. The van der Waals surface area contributed by atoms with Gasteiger partial charge in [0.15, 0.2) is 0 Å². The number of rotatable bonds is 34. The third-order valence-corrected chi connectivity index (χ3v) is 11.9. The lowest BCUT2D eigenvalue weighted by atomic mass is 10.00. The minimum atomic E-state index is -1.95. The Morgan fingerprint density at radius 3 is 1.19 bits per heavy atom. The van der Waals surface area contributed by atoms with E-state index in [9.17, 15) is 83.1 Å². The topological polar surface area (TPSA) is 461 Å². The minimum Gasteiger partial charge on any atom is -0.481 e. The maximum atomic E-state index is 14.4. The van der Waals surface area contributed by atoms with Crippen molar-refractivity contribution in [3.8, 4) is 0 Å². The van der Waals surface area contributed by atoms with Crippen LogP contribution in [0.4, 0.5) is 0 Å². The Hall–Kier alpha value is -8.08. The van der Waals surface area contributed by atoms with Crippen molar-refractivity contribution in [2.24, 2.45) is 17.6 Å². The van der Waals surface area contributed by atoms with Gasteiger partial charge in [-0.1, -0.05) is 88.4 Å². The average molecular weight is 1130 g/mol. The van der Waals surface area contributed by atoms with Crippen LogP contribution in [-0.4, -0.2) is 181 Å². The Bertz CT molecular complexity index is 2460. The number of carboxylic acids is 3. The van der Waals surface area contributed by atoms with E-state index in [1.807, 2.05) is 19.2 Å². The molecule has 0 radical (unpaired) electrons. The van der Waals surface area contributed by atoms with Crippen LogP contribution in [0.15, 0.2) is 60.7 Å². The van der Waals surface area contributed by atoms with E-state index < -0.39 is 163 Å². The number of aliphatic hydroxyl groups excluding tert-OH is 3. The number of benzene rings is 2. The number of hydrogen-bond acceptors (Lipinski definition) is 16. The van der Waals surface area contributed by atoms with Gasteiger partial charge in [0.1, 0.15) is 54.4 Å². The largest absolute Gasteiger partial charge is 0.481 e. The summed E-state index contributed by atoms with van der Waals surface area (Å²) in [4.78, 5) is 157. The molecular formula is C52H76N10O18. The second-order valence-electron chi connectivity index (χ2n) is 20.0. The van der Waals surface area contributed by atoms with Gasteiger partial charge in [-0.25, -0.2) is 4.79 Å². The molecule has 0 aliphatic carbocycles. The van der Waals surface area contributed by atoms with E-state index in [1.165, 1.54) is 0 Å². The molecule has 2 aromatic carbocycles. The van der Waals surface area contributed by atoms with Crippen molar-refractivity contribution < 1.29 is 88.2 Å². The molecule has 0 bridgehead atoms. The molecule has 0 aliphatic rings. The number of aliphatic hydroxyl groups is 3. The molecule has 0 fully saturated rings. The van der Waals surface area contributed by atoms with E-state index in [-0.39, 0.29) is 37.5 Å². The smallest absolute Gasteiger partial charge is 0.326 e. The molecule has 0 saturated heterocycles. The lowest BCUT2D eigenvalue weighted by Gasteiger charge is -2.29. The standard InChI is InChI=1S/C52H76N10O18/c1-25(2)18-32(53)44(71)55-33(19-26(3)4)45(72)57-36(22-39(66)67)47(74)60-38(24-63)49(76)62-42(29(7)65)51(78)58-34(20-30-14-10-8-11-15-30)46(73)56-35(21-31-16-12-9-13-17-31)48(75)61-41(28(6)64)50(77)54-27(5)43(70)59-37(52(79)80)23-40(68)69/h8-17,25-29,32-38,41-42,63-65H,18-24,53H2,1-7H3,(H,54,77)(H,55,71)(H,56,73)(H,57,72)(H,58,78)(H,59,70)(H,60,74)(H,61,75)(H,62,76)(H,66,67)(H,68,69)(H,79,80)/t27-,28+,29+,32-,33-,34-,35-,36-,37-,38-,41-,42-/m0/s1. The van der Waals surface area contributed by atoms with Crippen molar-refractivity contribution in [1.29, 1.82) is 0 Å². The number of hydrogen-bond donors (Lipinski definition) is 16. The predicted molar refractivity (Wildman–Crippen MR) is 283 cm³/mol. The fraction of sp³-hybridized carbons (Fsp3) is 0.538. The van der Waals surface area contributed by atoms with Gasteiger partial charge in [-0.05, 0) is 56.6 Å². The van der Waals surface area contributed by atoms with Crippen LogP contribution in [0.3, 0.4) is 0 Å². The quantitative estimate of drug-likeness (QED) is 0.0318. The van der Waals surface area contributed by atoms with Gasteiger partial charge in [0.2, 0.25) is 53.2 Å². The Kier molecular flexibility index (Phi) is 28.4. The van der Waals surface area contributed by atoms with Crippen LogP contribution in [-0.2, 0) is 70.4 Å². The van der Waals surface area contributed by atoms with E-state index in [0.717, 1.165) is 20.8 Å². The van der Waals surface area contributed by atoms with Crippen LogP contribution in [0.2, 0.25) is 0 Å². The number of nitrogens with two attached hydrogens (primary N) is 1. The van der Waals surface area contributed by atoms with Gasteiger partial charge in [0.25, 0.3) is 0 Å². The molecule has 12 atom stereocenters. The maximum absolute atomic E-state index is 14.4. The van der Waals surface area contributed by atoms with E-state index in [4.69, 9.17) is 10.8 Å². The number of nitrogens with one attached hydrogen (secondary N) is 9. The van der Waals surface area contributed by atoms with Crippen molar-refractivity contribution in [3.63, 3.8) is 0 Å². The molecule has 0 heterocycles. The molecule has 0 saturated carbocycles. The molecule has 2 rings (SSSR count). The Labute approximate surface area is 461 Å². The lowest BCUT2D eigenvalue weighted by Crippen LogP contribution is -2.63. The van der Waals surface area contributed by atoms with Gasteiger partial charge in [-0.15, -0.1) is 0 Å². The molecule has 9 amide bonds. The fourth-order valence-electron chi connectivity index (χ4n) is 7.73. The van der Waals surface area contributed by atoms with Crippen LogP contribution in [0, 0.1) is 11.8 Å². The summed E-state index contributed by atoms with van der Waals surface area (Å²) < 4.78 is 0. The first-order valence-corrected chi connectivity index (χ1v) is 25.6. The summed E-state index contributed by atoms with van der Waals surface area (Å²) in [5, 5.41) is 80.4. The fourth-order valence-corrected chi connectivity index (χ4v) is 7.73. The summed E-state index contributed by atoms with van der Waals surface area (Å²) in [6.07, 6.45) is -5.68. The summed E-state index contributed by atoms with van der Waals surface area (Å²) >= 11 is 0. The third-order valence-electron chi connectivity index (χ3n) is 11.9. The molecule has 2 aromatic rings. The number of carbonyl (C=O) groups excluding carboxylic acids is 9. The summed E-state index contributed by atoms with van der Waals surface area (Å²) in [6, 6.07) is -0.304. The van der Waals surface area contributed by atoms with Crippen LogP contribution in [0.5, 0.6) is 0 Å². The molecular weight excluding hydrogens is 1050 g/mol. The zero-order chi connectivity index (χ0) is 60.6. The average Bonchev–Trinajstić information content (AvgIpc) is 3.36. The highest BCUT2D eigenvalue weighted by molar-refractivity contribution is 5.99. The lowest BCUT2D eigenvalue weighted by molar-refractivity contribution is -0.147. The maximum Gasteiger partial charge on any atom is 0.326 e. The zero-order valence-electron chi connectivity index (χ0n) is 45.5. The van der Waals surface area contributed by atoms with Crippen molar-refractivity contribution in [2.75, 3.05) is 6.61 Å². The van der Waals surface area contributed by atoms with Gasteiger partial charge in [-0.3, -0.25) is 52.7 Å². The SMILES string of the molecule is CC(C)C[C@H](NC(=O)[C@@H](N)CC(C)C)C(=O)N[C@@H](CC(=O)O)C(=O)N[C@@H](CO)C(=O)N[C@H](C(=O)N[C@@H](Cc1ccccc1)C(=O)N[C@@H](Cc1ccccc1)C(=O)N[C@H](C(=O)N[C@@H](C)C(=O)N[C@@H](CC(=O)O)C(=O)O)[C@@H](C)O)[C@@H](C)O. The molecule has 0 unspecified atom stereocenters. The molecule has 28 nitrogen and oxygen atoms in total. The first kappa shape index (κ1) is 68.0. The summed E-state index contributed by atoms with van der Waals surface area (Å²) in [5.41, 5.74) is 6.93. The van der Waals surface area contributed by atoms with Gasteiger partial charge < -0.3 is 84.2 Å².